The number of fused-ring (bicyclic) bond motifs is 12. The number of ether oxygens (including phenoxy) is 1. The van der Waals surface area contributed by atoms with Gasteiger partial charge in [-0.25, -0.2) is 0 Å². The van der Waals surface area contributed by atoms with Crippen molar-refractivity contribution in [1.29, 1.82) is 0 Å². The zero-order chi connectivity index (χ0) is 17.9. The van der Waals surface area contributed by atoms with Gasteiger partial charge < -0.3 is 4.74 Å². The van der Waals surface area contributed by atoms with Gasteiger partial charge in [-0.3, -0.25) is 14.4 Å². The standard InChI is InChI=1S/C16H13Cl4NO4/c1-2-3-24-21-13(22)5-6(14(21)23)10-8-7(9(5)25-10)15(19)4-16(8,20)12(18)11(15)17/h2,5-10H,1,3-4H2/t5-,6+,7-,8-,9+,10-,15-,16-/m0/s1. The zero-order valence-corrected chi connectivity index (χ0v) is 15.8. The Kier molecular flexibility index (Phi) is 3.33. The lowest BCUT2D eigenvalue weighted by atomic mass is 9.65. The molecule has 5 aliphatic rings. The van der Waals surface area contributed by atoms with Gasteiger partial charge in [-0.2, -0.15) is 5.06 Å². The van der Waals surface area contributed by atoms with E-state index in [0.717, 1.165) is 5.06 Å². The Hall–Kier alpha value is -0.300. The van der Waals surface area contributed by atoms with Gasteiger partial charge in [0.1, 0.15) is 0 Å². The fraction of sp³-hybridized carbons (Fsp3) is 0.625. The van der Waals surface area contributed by atoms with E-state index in [2.05, 4.69) is 6.58 Å². The normalized spacial score (nSPS) is 52.4. The zero-order valence-electron chi connectivity index (χ0n) is 12.8. The molecule has 134 valence electrons. The number of hydrogen-bond acceptors (Lipinski definition) is 4. The number of imide groups is 1. The Bertz CT molecular complexity index is 717. The average Bonchev–Trinajstić information content (AvgIpc) is 3.29. The molecule has 8 atom stereocenters. The van der Waals surface area contributed by atoms with Crippen LogP contribution in [0, 0.1) is 23.7 Å². The summed E-state index contributed by atoms with van der Waals surface area (Å²) in [5.41, 5.74) is 0. The second-order valence-electron chi connectivity index (χ2n) is 7.25. The summed E-state index contributed by atoms with van der Waals surface area (Å²) in [5.74, 6) is -2.57. The van der Waals surface area contributed by atoms with Crippen LogP contribution in [0.2, 0.25) is 0 Å². The first-order chi connectivity index (χ1) is 11.8. The summed E-state index contributed by atoms with van der Waals surface area (Å²) >= 11 is 26.4. The van der Waals surface area contributed by atoms with Crippen molar-refractivity contribution in [2.75, 3.05) is 6.61 Å². The Balaban J connectivity index is 1.57. The molecule has 2 aliphatic carbocycles. The van der Waals surface area contributed by atoms with E-state index in [1.54, 1.807) is 0 Å². The van der Waals surface area contributed by atoms with Gasteiger partial charge in [0.05, 0.1) is 50.5 Å². The number of carbonyl (C=O) groups is 2. The first-order valence-electron chi connectivity index (χ1n) is 7.98. The molecular formula is C16H13Cl4NO4. The predicted octanol–water partition coefficient (Wildman–Crippen LogP) is 2.78. The topological polar surface area (TPSA) is 55.8 Å². The average molecular weight is 425 g/mol. The second kappa shape index (κ2) is 4.94. The summed E-state index contributed by atoms with van der Waals surface area (Å²) < 4.78 is 6.05. The maximum absolute atomic E-state index is 12.7. The fourth-order valence-corrected chi connectivity index (χ4v) is 7.54. The molecule has 0 aromatic heterocycles. The van der Waals surface area contributed by atoms with Gasteiger partial charge in [-0.15, -0.1) is 29.8 Å². The number of halogens is 4. The molecule has 0 radical (unpaired) electrons. The highest BCUT2D eigenvalue weighted by atomic mass is 35.5. The molecule has 3 aliphatic heterocycles. The molecule has 5 rings (SSSR count). The van der Waals surface area contributed by atoms with Gasteiger partial charge in [-0.1, -0.05) is 29.3 Å². The van der Waals surface area contributed by atoms with Crippen molar-refractivity contribution in [3.05, 3.63) is 22.7 Å². The quantitative estimate of drug-likeness (QED) is 0.397. The molecule has 0 unspecified atom stereocenters. The molecule has 25 heavy (non-hydrogen) atoms. The summed E-state index contributed by atoms with van der Waals surface area (Å²) in [6, 6.07) is 0. The van der Waals surface area contributed by atoms with Crippen molar-refractivity contribution in [3.8, 4) is 0 Å². The van der Waals surface area contributed by atoms with Crippen molar-refractivity contribution < 1.29 is 19.2 Å². The first-order valence-corrected chi connectivity index (χ1v) is 9.49. The van der Waals surface area contributed by atoms with Crippen molar-refractivity contribution >= 4 is 58.2 Å². The molecule has 3 heterocycles. The third kappa shape index (κ3) is 1.67. The second-order valence-corrected chi connectivity index (χ2v) is 9.36. The number of rotatable bonds is 3. The Morgan fingerprint density at radius 3 is 2.04 bits per heavy atom. The van der Waals surface area contributed by atoms with Crippen LogP contribution in [-0.4, -0.2) is 45.4 Å². The van der Waals surface area contributed by atoms with E-state index in [1.807, 2.05) is 0 Å². The largest absolute Gasteiger partial charge is 0.373 e. The number of alkyl halides is 2. The first kappa shape index (κ1) is 16.8. The van der Waals surface area contributed by atoms with E-state index in [0.29, 0.717) is 16.5 Å². The van der Waals surface area contributed by atoms with E-state index >= 15 is 0 Å². The lowest BCUT2D eigenvalue weighted by molar-refractivity contribution is -0.189. The fourth-order valence-electron chi connectivity index (χ4n) is 5.52. The number of carbonyl (C=O) groups excluding carboxylic acids is 2. The molecule has 0 aromatic carbocycles. The van der Waals surface area contributed by atoms with Crippen molar-refractivity contribution in [2.45, 2.75) is 28.4 Å². The highest BCUT2D eigenvalue weighted by Crippen LogP contribution is 2.75. The highest BCUT2D eigenvalue weighted by molar-refractivity contribution is 6.51. The maximum Gasteiger partial charge on any atom is 0.260 e. The molecular weight excluding hydrogens is 412 g/mol. The summed E-state index contributed by atoms with van der Waals surface area (Å²) in [7, 11) is 0. The van der Waals surface area contributed by atoms with E-state index in [-0.39, 0.29) is 18.4 Å². The monoisotopic (exact) mass is 423 g/mol. The SMILES string of the molecule is C=CCON1C(=O)[C@@H]2[C@H]3O[C@@H]([C@@H]2C1=O)[C@@H]1[C@@H]3[C@@]2(Cl)C[C@@]1(Cl)C(Cl)=C2Cl. The minimum atomic E-state index is -0.950. The Morgan fingerprint density at radius 1 is 1.12 bits per heavy atom. The minimum absolute atomic E-state index is 0.0675. The molecule has 9 heteroatoms. The molecule has 4 bridgehead atoms. The van der Waals surface area contributed by atoms with E-state index in [9.17, 15) is 9.59 Å². The lowest BCUT2D eigenvalue weighted by Crippen LogP contribution is -2.50. The number of hydrogen-bond donors (Lipinski definition) is 0. The molecule has 0 aromatic rings. The minimum Gasteiger partial charge on any atom is -0.373 e. The molecule has 1 saturated carbocycles. The maximum atomic E-state index is 12.7. The van der Waals surface area contributed by atoms with Crippen molar-refractivity contribution in [1.82, 2.24) is 5.06 Å². The molecule has 3 saturated heterocycles. The summed E-state index contributed by atoms with van der Waals surface area (Å²) in [5, 5.41) is 1.49. The van der Waals surface area contributed by atoms with Crippen LogP contribution in [0.4, 0.5) is 0 Å². The van der Waals surface area contributed by atoms with Crippen LogP contribution in [-0.2, 0) is 19.2 Å². The van der Waals surface area contributed by atoms with Crippen LogP contribution in [0.3, 0.4) is 0 Å². The van der Waals surface area contributed by atoms with Crippen molar-refractivity contribution in [3.63, 3.8) is 0 Å². The lowest BCUT2D eigenvalue weighted by Gasteiger charge is -2.40. The Morgan fingerprint density at radius 2 is 1.60 bits per heavy atom. The number of hydroxylamine groups is 2. The highest BCUT2D eigenvalue weighted by Gasteiger charge is 2.82. The van der Waals surface area contributed by atoms with Gasteiger partial charge in [0.15, 0.2) is 0 Å². The predicted molar refractivity (Wildman–Crippen MR) is 91.1 cm³/mol. The van der Waals surface area contributed by atoms with E-state index in [1.165, 1.54) is 6.08 Å². The van der Waals surface area contributed by atoms with Gasteiger partial charge in [0.25, 0.3) is 11.8 Å². The summed E-state index contributed by atoms with van der Waals surface area (Å²) in [6.07, 6.45) is 0.806. The van der Waals surface area contributed by atoms with Crippen LogP contribution in [0.25, 0.3) is 0 Å². The number of allylic oxidation sites excluding steroid dienone is 2. The van der Waals surface area contributed by atoms with Crippen LogP contribution in [0.15, 0.2) is 22.7 Å². The Labute approximate surface area is 163 Å². The molecule has 4 fully saturated rings. The van der Waals surface area contributed by atoms with Crippen LogP contribution in [0.1, 0.15) is 6.42 Å². The van der Waals surface area contributed by atoms with E-state index < -0.39 is 45.6 Å². The molecule has 0 spiro atoms. The third-order valence-corrected chi connectivity index (χ3v) is 8.78. The van der Waals surface area contributed by atoms with Gasteiger partial charge in [0.2, 0.25) is 0 Å². The van der Waals surface area contributed by atoms with Crippen molar-refractivity contribution in [2.24, 2.45) is 23.7 Å². The smallest absolute Gasteiger partial charge is 0.260 e. The molecule has 2 amide bonds. The van der Waals surface area contributed by atoms with Gasteiger partial charge in [-0.05, 0) is 6.42 Å². The van der Waals surface area contributed by atoms with Crippen LogP contribution >= 0.6 is 46.4 Å². The number of nitrogens with zero attached hydrogens (tertiary/aromatic N) is 1. The summed E-state index contributed by atoms with van der Waals surface area (Å²) in [6.45, 7) is 3.59. The van der Waals surface area contributed by atoms with E-state index in [4.69, 9.17) is 56.0 Å². The molecule has 0 N–H and O–H groups in total. The third-order valence-electron chi connectivity index (χ3n) is 6.29. The number of amides is 2. The van der Waals surface area contributed by atoms with Gasteiger partial charge >= 0.3 is 0 Å². The molecule has 5 nitrogen and oxygen atoms in total. The summed E-state index contributed by atoms with van der Waals surface area (Å²) in [4.78, 5) is 28.8. The van der Waals surface area contributed by atoms with Gasteiger partial charge in [0, 0.05) is 11.8 Å². The van der Waals surface area contributed by atoms with Crippen LogP contribution < -0.4 is 0 Å². The van der Waals surface area contributed by atoms with Crippen LogP contribution in [0.5, 0.6) is 0 Å².